The molecule has 2 aliphatic rings. The molecule has 2 heterocycles. The van der Waals surface area contributed by atoms with E-state index in [-0.39, 0.29) is 58.8 Å². The van der Waals surface area contributed by atoms with Crippen LogP contribution in [0.4, 0.5) is 11.4 Å². The summed E-state index contributed by atoms with van der Waals surface area (Å²) in [5.74, 6) is -2.91. The molecule has 0 aromatic heterocycles. The van der Waals surface area contributed by atoms with Crippen LogP contribution in [-0.2, 0) is 49.1 Å². The third-order valence-corrected chi connectivity index (χ3v) is 4230. The van der Waals surface area contributed by atoms with E-state index in [0.29, 0.717) is 30.9 Å². The third-order valence-electron chi connectivity index (χ3n) is 9.78. The Morgan fingerprint density at radius 3 is 0.944 bits per heavy atom. The number of halogens is 57. The summed E-state index contributed by atoms with van der Waals surface area (Å²) >= 11 is 96.8. The number of carbonyl (C=O) groups is 3. The molecular formula is C34H30I57N6O9S2-. The Morgan fingerprint density at radius 1 is 0.389 bits per heavy atom. The predicted molar refractivity (Wildman–Crippen MR) is 971 cm³/mol. The van der Waals surface area contributed by atoms with Crippen LogP contribution in [0.1, 0.15) is 27.0 Å². The number of benzene rings is 4. The van der Waals surface area contributed by atoms with Gasteiger partial charge < -0.3 is 31.5 Å². The number of aliphatic hydroxyl groups is 1. The third kappa shape index (κ3) is 48.0. The summed E-state index contributed by atoms with van der Waals surface area (Å²) < 4.78 is 57.7. The first-order chi connectivity index (χ1) is 50.2. The number of hydrogen-bond acceptors (Lipinski definition) is 10. The SMILES string of the molecule is I[I-]I(I)I(I)I(I)I(I)I(I)I(I)I(I)I(I)I(I)I(I)I(I)I(I)I(I)I(I)I(I)I(I)I(I)I(I)I(I)I(I)I(I)I(I)I(I)I(I)I(I)I(I)I.O=C(NCCc1ccccc1C(=O)O)C1=NS(=O)(=O)c2cc(I)ccc2N1.O=C(NCCc1ccccc1CO)C1=NS(=O)(=O)c2cc(I)ccc2N1. The van der Waals surface area contributed by atoms with Gasteiger partial charge in [-0.3, -0.25) is 9.59 Å². The Labute approximate surface area is 1030 Å². The van der Waals surface area contributed by atoms with E-state index in [2.05, 4.69) is 551 Å². The average molecular weight is 7960 g/mol. The van der Waals surface area contributed by atoms with Crippen molar-refractivity contribution >= 4 is 833 Å². The predicted octanol–water partition coefficient (Wildman–Crippen LogP) is 48.3. The molecule has 108 heavy (non-hydrogen) atoms. The maximum Gasteiger partial charge on any atom is 0.335 e. The molecule has 0 saturated carbocycles. The molecule has 0 fully saturated rings. The van der Waals surface area contributed by atoms with Gasteiger partial charge in [0, 0.05) is 20.2 Å². The van der Waals surface area contributed by atoms with Gasteiger partial charge in [0.15, 0.2) is 0 Å². The van der Waals surface area contributed by atoms with E-state index in [4.69, 9.17) is 5.11 Å². The Kier molecular flexibility index (Phi) is 93.2. The quantitative estimate of drug-likeness (QED) is 0.0234. The normalized spacial score (nSPS) is 16.8. The van der Waals surface area contributed by atoms with Crippen molar-refractivity contribution < 1.29 is 54.7 Å². The van der Waals surface area contributed by atoms with Crippen molar-refractivity contribution in [2.45, 2.75) is 29.2 Å². The van der Waals surface area contributed by atoms with Crippen molar-refractivity contribution in [3.8, 4) is 0 Å². The zero-order valence-corrected chi connectivity index (χ0v) is 173. The van der Waals surface area contributed by atoms with Gasteiger partial charge in [-0.15, -0.1) is 8.80 Å². The molecule has 15 nitrogen and oxygen atoms in total. The number of hydrogen-bond donors (Lipinski definition) is 6. The molecule has 0 aliphatic carbocycles. The van der Waals surface area contributed by atoms with Gasteiger partial charge in [-0.05, 0) is 117 Å². The molecular weight excluding hydrogens is 7930 g/mol. The summed E-state index contributed by atoms with van der Waals surface area (Å²) in [5, 5.41) is 29.2. The molecule has 2 amide bonds. The minimum atomic E-state index is -3.97. The van der Waals surface area contributed by atoms with Gasteiger partial charge >= 0.3 is 746 Å². The molecule has 0 bridgehead atoms. The molecule has 4 aromatic carbocycles. The van der Waals surface area contributed by atoms with Crippen LogP contribution in [0.15, 0.2) is 104 Å². The Hall–Kier alpha value is 35.7. The van der Waals surface area contributed by atoms with E-state index in [1.54, 1.807) is 42.5 Å². The maximum atomic E-state index is 12.3. The van der Waals surface area contributed by atoms with Gasteiger partial charge in [0.25, 0.3) is 31.9 Å². The maximum absolute atomic E-state index is 12.3. The molecule has 74 heteroatoms. The average Bonchev–Trinajstić information content (AvgIpc) is 0.779. The smallest absolute Gasteiger partial charge is 0.335 e. The molecule has 6 N–H and O–H groups in total. The zero-order valence-electron chi connectivity index (χ0n) is 48.1. The molecule has 662 valence electrons. The minimum absolute atomic E-state index is 0.0151. The van der Waals surface area contributed by atoms with E-state index in [9.17, 15) is 36.3 Å². The van der Waals surface area contributed by atoms with Gasteiger partial charge in [-0.25, -0.2) is 4.79 Å². The van der Waals surface area contributed by atoms with Crippen molar-refractivity contribution in [1.82, 2.24) is 10.6 Å². The summed E-state index contributed by atoms with van der Waals surface area (Å²) in [6, 6.07) is 23.5. The van der Waals surface area contributed by atoms with Crippen LogP contribution in [0.5, 0.6) is 0 Å². The van der Waals surface area contributed by atoms with E-state index in [1.165, 1.54) is 18.2 Å². The number of sulfonamides is 2. The van der Waals surface area contributed by atoms with Gasteiger partial charge in [-0.2, -0.15) is 16.8 Å². The number of rotatable bonds is 36. The number of carbonyl (C=O) groups excluding carboxylic acids is 2. The standard InChI is InChI=1S/C17H14IN3O5S.C17H16IN3O4S.I55/c18-11-5-6-13-14(9-11)27(25,26)21-15(20-13)16(22)19-8-7-10-3-1-2-4-12(10)17(23)24;18-13-5-6-14-15(9-13)26(24,25)21-16(20-14)17(23)19-8-7-11-3-1-2-4-12(11)10-22;1-29-31(4)33(6)35(8)37(10)39(12)41(14)43(16)45(18)47(20)49(22)51(24)53(26)55(28)54(27)52(25)50(23)48(21)46(19)44(17)42(15)40(13)38(11)36(9)34(7)32(5)30(2)3/h1-6,9H,7-8H2,(H,19,22)(H,20,21)(H,23,24);1-6,9,22H,7-8,10H2,(H,19,23)(H,20,21);/q;;-1. The molecule has 0 saturated heterocycles. The second kappa shape index (κ2) is 74.1. The van der Waals surface area contributed by atoms with Gasteiger partial charge in [0.1, 0.15) is 9.79 Å². The number of aromatic carboxylic acids is 1. The molecule has 2 aliphatic heterocycles. The summed E-state index contributed by atoms with van der Waals surface area (Å²) in [6.07, 6.45) is 0.792. The summed E-state index contributed by atoms with van der Waals surface area (Å²) in [7, 11) is -21.9. The molecule has 6 rings (SSSR count). The summed E-state index contributed by atoms with van der Waals surface area (Å²) in [4.78, 5) is 35.8. The van der Waals surface area contributed by atoms with E-state index in [1.807, 2.05) is 69.4 Å². The first-order valence-corrected chi connectivity index (χ1v) is 368. The van der Waals surface area contributed by atoms with Crippen LogP contribution >= 0.6 is 772 Å². The van der Waals surface area contributed by atoms with Crippen molar-refractivity contribution in [2.24, 2.45) is 8.80 Å². The number of carboxylic acids is 1. The molecule has 0 spiro atoms. The van der Waals surface area contributed by atoms with Gasteiger partial charge in [0.2, 0.25) is 11.7 Å². The largest absolute Gasteiger partial charge is 0.478 e. The first kappa shape index (κ1) is 136. The number of aliphatic hydroxyl groups excluding tert-OH is 1. The van der Waals surface area contributed by atoms with Crippen molar-refractivity contribution in [3.63, 3.8) is 0 Å². The van der Waals surface area contributed by atoms with Crippen LogP contribution in [0.3, 0.4) is 0 Å². The number of amides is 2. The van der Waals surface area contributed by atoms with Crippen molar-refractivity contribution in [1.29, 1.82) is 0 Å². The second-order valence-electron chi connectivity index (χ2n) is 15.5. The van der Waals surface area contributed by atoms with E-state index in [0.717, 1.165) is 18.3 Å². The Bertz CT molecular complexity index is 3920. The number of fused-ring (bicyclic) bond motifs is 2. The van der Waals surface area contributed by atoms with Crippen molar-refractivity contribution in [3.05, 3.63) is 114 Å². The molecule has 0 radical (unpaired) electrons. The fourth-order valence-electron chi connectivity index (χ4n) is 5.91. The fourth-order valence-corrected chi connectivity index (χ4v) is 10300. The summed E-state index contributed by atoms with van der Waals surface area (Å²) in [6.45, 7) is 0.339. The fraction of sp³-hybridized carbons (Fsp3) is 0.147. The number of nitrogens with zero attached hydrogens (tertiary/aromatic N) is 2. The number of carboxylic acid groups (broad SMARTS) is 1. The molecule has 4 aromatic rings. The van der Waals surface area contributed by atoms with E-state index < -0.39 is 243 Å². The molecule has 0 unspecified atom stereocenters. The van der Waals surface area contributed by atoms with Crippen LogP contribution in [0.2, 0.25) is 0 Å². The Morgan fingerprint density at radius 2 is 0.657 bits per heavy atom. The van der Waals surface area contributed by atoms with Gasteiger partial charge in [0.05, 0.1) is 23.5 Å². The van der Waals surface area contributed by atoms with Crippen LogP contribution in [0, 0.1) is 7.14 Å². The summed E-state index contributed by atoms with van der Waals surface area (Å²) in [5.41, 5.74) is 3.05. The van der Waals surface area contributed by atoms with Crippen molar-refractivity contribution in [2.75, 3.05) is 23.7 Å². The monoisotopic (exact) mass is 7960 g/mol. The minimum Gasteiger partial charge on any atom is -0.478 e. The topological polar surface area (TPSA) is 233 Å². The first-order valence-electron chi connectivity index (χ1n) is 23.3. The second-order valence-corrected chi connectivity index (χ2v) is 1300. The zero-order chi connectivity index (χ0) is 82.1. The van der Waals surface area contributed by atoms with Crippen LogP contribution in [-0.4, -0.2) is 69.6 Å². The molecule has 0 atom stereocenters. The number of anilines is 2. The van der Waals surface area contributed by atoms with Crippen LogP contribution < -0.4 is 34.5 Å². The van der Waals surface area contributed by atoms with Crippen LogP contribution in [0.25, 0.3) is 0 Å². The van der Waals surface area contributed by atoms with E-state index >= 15 is 0 Å². The number of nitrogens with one attached hydrogen (secondary N) is 4. The number of amidine groups is 2. The Balaban J connectivity index is 0.000000381. The van der Waals surface area contributed by atoms with Gasteiger partial charge in [-0.1, -0.05) is 42.5 Å².